The molecule has 0 aliphatic rings. The lowest BCUT2D eigenvalue weighted by Gasteiger charge is -2.04. The van der Waals surface area contributed by atoms with E-state index in [1.54, 1.807) is 6.33 Å². The maximum Gasteiger partial charge on any atom is 0.325 e. The number of carbonyl (C=O) groups is 1. The Hall–Kier alpha value is -2.04. The van der Waals surface area contributed by atoms with Crippen LogP contribution in [0.3, 0.4) is 0 Å². The summed E-state index contributed by atoms with van der Waals surface area (Å²) in [6.45, 7) is 0.163. The van der Waals surface area contributed by atoms with Crippen LogP contribution >= 0.6 is 0 Å². The van der Waals surface area contributed by atoms with Crippen molar-refractivity contribution in [2.75, 3.05) is 19.0 Å². The topological polar surface area (TPSA) is 67.0 Å². The smallest absolute Gasteiger partial charge is 0.325 e. The number of ether oxygens (including phenoxy) is 1. The maximum atomic E-state index is 10.9. The number of benzene rings is 1. The monoisotopic (exact) mass is 205 g/mol. The van der Waals surface area contributed by atoms with Crippen molar-refractivity contribution in [2.45, 2.75) is 0 Å². The third kappa shape index (κ3) is 2.07. The van der Waals surface area contributed by atoms with Crippen molar-refractivity contribution in [3.05, 3.63) is 24.5 Å². The van der Waals surface area contributed by atoms with Crippen molar-refractivity contribution >= 4 is 22.7 Å². The van der Waals surface area contributed by atoms with Gasteiger partial charge in [-0.15, -0.1) is 0 Å². The normalized spacial score (nSPS) is 10.2. The maximum absolute atomic E-state index is 10.9. The van der Waals surface area contributed by atoms with E-state index in [-0.39, 0.29) is 12.5 Å². The van der Waals surface area contributed by atoms with Gasteiger partial charge in [0.15, 0.2) is 0 Å². The Morgan fingerprint density at radius 3 is 3.27 bits per heavy atom. The predicted octanol–water partition coefficient (Wildman–Crippen LogP) is 1.15. The van der Waals surface area contributed by atoms with Gasteiger partial charge in [-0.1, -0.05) is 0 Å². The molecule has 0 amide bonds. The fourth-order valence-electron chi connectivity index (χ4n) is 1.29. The molecule has 0 saturated carbocycles. The zero-order chi connectivity index (χ0) is 10.7. The lowest BCUT2D eigenvalue weighted by Crippen LogP contribution is -2.14. The van der Waals surface area contributed by atoms with Gasteiger partial charge in [0, 0.05) is 5.69 Å². The van der Waals surface area contributed by atoms with Gasteiger partial charge in [-0.2, -0.15) is 0 Å². The summed E-state index contributed by atoms with van der Waals surface area (Å²) in [6, 6.07) is 5.64. The number of nitrogens with one attached hydrogen (secondary N) is 2. The van der Waals surface area contributed by atoms with E-state index in [0.29, 0.717) is 0 Å². The SMILES string of the molecule is COC(=O)CNc1ccc2nc[nH]c2c1. The van der Waals surface area contributed by atoms with Crippen LogP contribution in [0.2, 0.25) is 0 Å². The minimum atomic E-state index is -0.292. The van der Waals surface area contributed by atoms with Crippen molar-refractivity contribution in [1.82, 2.24) is 9.97 Å². The van der Waals surface area contributed by atoms with Crippen LogP contribution < -0.4 is 5.32 Å². The number of fused-ring (bicyclic) bond motifs is 1. The number of methoxy groups -OCH3 is 1. The molecule has 0 radical (unpaired) electrons. The van der Waals surface area contributed by atoms with Crippen LogP contribution in [-0.4, -0.2) is 29.6 Å². The summed E-state index contributed by atoms with van der Waals surface area (Å²) >= 11 is 0. The molecule has 2 N–H and O–H groups in total. The molecule has 78 valence electrons. The molecule has 0 aliphatic heterocycles. The Morgan fingerprint density at radius 2 is 2.47 bits per heavy atom. The molecule has 0 spiro atoms. The lowest BCUT2D eigenvalue weighted by atomic mass is 10.3. The second kappa shape index (κ2) is 4.00. The Kier molecular flexibility index (Phi) is 2.53. The fraction of sp³-hybridized carbons (Fsp3) is 0.200. The number of rotatable bonds is 3. The Balaban J connectivity index is 2.11. The van der Waals surface area contributed by atoms with Crippen molar-refractivity contribution in [1.29, 1.82) is 0 Å². The summed E-state index contributed by atoms with van der Waals surface area (Å²) < 4.78 is 4.52. The lowest BCUT2D eigenvalue weighted by molar-refractivity contribution is -0.138. The summed E-state index contributed by atoms with van der Waals surface area (Å²) in [5, 5.41) is 2.95. The standard InChI is InChI=1S/C10H11N3O2/c1-15-10(14)5-11-7-2-3-8-9(4-7)13-6-12-8/h2-4,6,11H,5H2,1H3,(H,12,13). The average molecular weight is 205 g/mol. The Labute approximate surface area is 86.5 Å². The zero-order valence-corrected chi connectivity index (χ0v) is 8.28. The van der Waals surface area contributed by atoms with Gasteiger partial charge < -0.3 is 15.0 Å². The summed E-state index contributed by atoms with van der Waals surface area (Å²) in [6.07, 6.45) is 1.63. The van der Waals surface area contributed by atoms with E-state index < -0.39 is 0 Å². The van der Waals surface area contributed by atoms with Crippen molar-refractivity contribution in [3.63, 3.8) is 0 Å². The average Bonchev–Trinajstić information content (AvgIpc) is 2.72. The van der Waals surface area contributed by atoms with Gasteiger partial charge in [-0.25, -0.2) is 4.98 Å². The first-order valence-electron chi connectivity index (χ1n) is 4.53. The van der Waals surface area contributed by atoms with E-state index in [1.165, 1.54) is 7.11 Å². The number of aromatic amines is 1. The van der Waals surface area contributed by atoms with E-state index >= 15 is 0 Å². The van der Waals surface area contributed by atoms with Gasteiger partial charge >= 0.3 is 5.97 Å². The highest BCUT2D eigenvalue weighted by Gasteiger charge is 2.01. The summed E-state index contributed by atoms with van der Waals surface area (Å²) in [4.78, 5) is 18.0. The molecule has 1 aromatic carbocycles. The molecule has 1 heterocycles. The summed E-state index contributed by atoms with van der Waals surface area (Å²) in [7, 11) is 1.36. The molecule has 15 heavy (non-hydrogen) atoms. The first-order chi connectivity index (χ1) is 7.29. The van der Waals surface area contributed by atoms with Crippen LogP contribution in [0.4, 0.5) is 5.69 Å². The number of hydrogen-bond donors (Lipinski definition) is 2. The molecule has 2 rings (SSSR count). The molecule has 5 heteroatoms. The van der Waals surface area contributed by atoms with E-state index in [9.17, 15) is 4.79 Å². The second-order valence-corrected chi connectivity index (χ2v) is 3.06. The van der Waals surface area contributed by atoms with E-state index in [4.69, 9.17) is 0 Å². The molecule has 0 bridgehead atoms. The van der Waals surface area contributed by atoms with Crippen LogP contribution in [0.15, 0.2) is 24.5 Å². The Bertz CT molecular complexity index is 478. The molecular formula is C10H11N3O2. The molecule has 0 unspecified atom stereocenters. The molecule has 0 fully saturated rings. The predicted molar refractivity (Wildman–Crippen MR) is 56.6 cm³/mol. The quantitative estimate of drug-likeness (QED) is 0.737. The number of hydrogen-bond acceptors (Lipinski definition) is 4. The van der Waals surface area contributed by atoms with Gasteiger partial charge in [0.05, 0.1) is 24.5 Å². The minimum Gasteiger partial charge on any atom is -0.468 e. The minimum absolute atomic E-state index is 0.163. The van der Waals surface area contributed by atoms with Crippen LogP contribution in [0.1, 0.15) is 0 Å². The highest BCUT2D eigenvalue weighted by molar-refractivity contribution is 5.80. The zero-order valence-electron chi connectivity index (χ0n) is 8.28. The third-order valence-corrected chi connectivity index (χ3v) is 2.08. The van der Waals surface area contributed by atoms with Gasteiger partial charge in [-0.05, 0) is 18.2 Å². The number of anilines is 1. The number of esters is 1. The van der Waals surface area contributed by atoms with Crippen LogP contribution in [0.25, 0.3) is 11.0 Å². The second-order valence-electron chi connectivity index (χ2n) is 3.06. The fourth-order valence-corrected chi connectivity index (χ4v) is 1.29. The third-order valence-electron chi connectivity index (χ3n) is 2.08. The van der Waals surface area contributed by atoms with E-state index in [2.05, 4.69) is 20.0 Å². The molecule has 0 saturated heterocycles. The van der Waals surface area contributed by atoms with Crippen molar-refractivity contribution < 1.29 is 9.53 Å². The van der Waals surface area contributed by atoms with Gasteiger partial charge in [0.25, 0.3) is 0 Å². The van der Waals surface area contributed by atoms with Gasteiger partial charge in [0.1, 0.15) is 6.54 Å². The first kappa shape index (κ1) is 9.51. The highest BCUT2D eigenvalue weighted by Crippen LogP contribution is 2.15. The van der Waals surface area contributed by atoms with Crippen LogP contribution in [0.5, 0.6) is 0 Å². The van der Waals surface area contributed by atoms with Crippen molar-refractivity contribution in [2.24, 2.45) is 0 Å². The molecule has 0 aliphatic carbocycles. The largest absolute Gasteiger partial charge is 0.468 e. The van der Waals surface area contributed by atoms with Crippen LogP contribution in [0, 0.1) is 0 Å². The molecular weight excluding hydrogens is 194 g/mol. The molecule has 1 aromatic heterocycles. The Morgan fingerprint density at radius 1 is 1.60 bits per heavy atom. The number of H-pyrrole nitrogens is 1. The van der Waals surface area contributed by atoms with E-state index in [0.717, 1.165) is 16.7 Å². The number of carbonyl (C=O) groups excluding carboxylic acids is 1. The number of imidazole rings is 1. The molecule has 2 aromatic rings. The van der Waals surface area contributed by atoms with Gasteiger partial charge in [-0.3, -0.25) is 4.79 Å². The highest BCUT2D eigenvalue weighted by atomic mass is 16.5. The number of nitrogens with zero attached hydrogens (tertiary/aromatic N) is 1. The van der Waals surface area contributed by atoms with Gasteiger partial charge in [0.2, 0.25) is 0 Å². The summed E-state index contributed by atoms with van der Waals surface area (Å²) in [5.74, 6) is -0.292. The first-order valence-corrected chi connectivity index (χ1v) is 4.53. The van der Waals surface area contributed by atoms with Crippen LogP contribution in [-0.2, 0) is 9.53 Å². The molecule has 0 atom stereocenters. The summed E-state index contributed by atoms with van der Waals surface area (Å²) in [5.41, 5.74) is 2.70. The van der Waals surface area contributed by atoms with E-state index in [1.807, 2.05) is 18.2 Å². The molecule has 5 nitrogen and oxygen atoms in total. The number of aromatic nitrogens is 2. The van der Waals surface area contributed by atoms with Crippen molar-refractivity contribution in [3.8, 4) is 0 Å².